The van der Waals surface area contributed by atoms with E-state index >= 15 is 0 Å². The second-order valence-electron chi connectivity index (χ2n) is 4.89. The molecule has 0 heterocycles. The van der Waals surface area contributed by atoms with E-state index < -0.39 is 17.6 Å². The molecule has 7 heteroatoms. The number of hydrogen-bond donors (Lipinski definition) is 0. The van der Waals surface area contributed by atoms with E-state index in [2.05, 4.69) is 4.74 Å². The summed E-state index contributed by atoms with van der Waals surface area (Å²) in [5, 5.41) is 11.4. The van der Waals surface area contributed by atoms with Crippen LogP contribution in [0.15, 0.2) is 0 Å². The second-order valence-corrected chi connectivity index (χ2v) is 4.89. The molecule has 0 aromatic heterocycles. The van der Waals surface area contributed by atoms with Gasteiger partial charge in [-0.05, 0) is 6.42 Å². The minimum absolute atomic E-state index is 0.00393. The molecule has 0 rings (SSSR count). The topological polar surface area (TPSA) is 87.9 Å². The predicted octanol–water partition coefficient (Wildman–Crippen LogP) is 2.15. The minimum atomic E-state index is -1.33. The van der Waals surface area contributed by atoms with Crippen LogP contribution in [0.3, 0.4) is 0 Å². The van der Waals surface area contributed by atoms with Crippen LogP contribution in [0, 0.1) is 10.1 Å². The van der Waals surface area contributed by atoms with Crippen molar-refractivity contribution in [1.82, 2.24) is 0 Å². The number of carbonyl (C=O) groups is 1. The number of nitrogens with zero attached hydrogens (tertiary/aromatic N) is 1. The molecule has 0 spiro atoms. The van der Waals surface area contributed by atoms with Gasteiger partial charge in [0.15, 0.2) is 0 Å². The molecule has 20 heavy (non-hydrogen) atoms. The maximum absolute atomic E-state index is 11.4. The van der Waals surface area contributed by atoms with Crippen molar-refractivity contribution >= 4 is 5.97 Å². The van der Waals surface area contributed by atoms with Crippen LogP contribution in [0.1, 0.15) is 46.0 Å². The van der Waals surface area contributed by atoms with Crippen molar-refractivity contribution < 1.29 is 23.9 Å². The highest BCUT2D eigenvalue weighted by Gasteiger charge is 2.46. The zero-order chi connectivity index (χ0) is 15.6. The molecule has 118 valence electrons. The van der Waals surface area contributed by atoms with Crippen molar-refractivity contribution in [2.45, 2.75) is 57.6 Å². The molecular formula is C13H25NO6. The number of methoxy groups -OCH3 is 2. The molecular weight excluding hydrogens is 266 g/mol. The van der Waals surface area contributed by atoms with Gasteiger partial charge in [-0.3, -0.25) is 14.9 Å². The summed E-state index contributed by atoms with van der Waals surface area (Å²) in [6.07, 6.45) is 1.76. The Kier molecular flexibility index (Phi) is 9.07. The summed E-state index contributed by atoms with van der Waals surface area (Å²) in [5.41, 5.74) is -1.33. The fourth-order valence-corrected chi connectivity index (χ4v) is 1.94. The van der Waals surface area contributed by atoms with Gasteiger partial charge in [-0.15, -0.1) is 0 Å². The van der Waals surface area contributed by atoms with E-state index in [1.165, 1.54) is 21.1 Å². The van der Waals surface area contributed by atoms with Crippen LogP contribution in [0.4, 0.5) is 0 Å². The highest BCUT2D eigenvalue weighted by atomic mass is 16.7. The van der Waals surface area contributed by atoms with Crippen LogP contribution in [-0.4, -0.2) is 43.5 Å². The number of carbonyl (C=O) groups excluding carboxylic acids is 1. The lowest BCUT2D eigenvalue weighted by Gasteiger charge is -2.29. The smallest absolute Gasteiger partial charge is 0.305 e. The zero-order valence-electron chi connectivity index (χ0n) is 12.7. The zero-order valence-corrected chi connectivity index (χ0v) is 12.7. The fourth-order valence-electron chi connectivity index (χ4n) is 1.94. The number of ether oxygens (including phenoxy) is 3. The molecule has 0 aromatic carbocycles. The molecule has 0 radical (unpaired) electrons. The molecule has 0 fully saturated rings. The average molecular weight is 291 g/mol. The minimum Gasteiger partial charge on any atom is -0.469 e. The van der Waals surface area contributed by atoms with Crippen molar-refractivity contribution in [3.63, 3.8) is 0 Å². The van der Waals surface area contributed by atoms with E-state index in [-0.39, 0.29) is 24.6 Å². The normalized spacial score (nSPS) is 15.4. The lowest BCUT2D eigenvalue weighted by atomic mass is 9.87. The monoisotopic (exact) mass is 291 g/mol. The van der Waals surface area contributed by atoms with Crippen LogP contribution in [0.25, 0.3) is 0 Å². The first-order valence-electron chi connectivity index (χ1n) is 6.74. The summed E-state index contributed by atoms with van der Waals surface area (Å²) in [7, 11) is 2.73. The third kappa shape index (κ3) is 5.83. The van der Waals surface area contributed by atoms with Gasteiger partial charge in [0.25, 0.3) is 0 Å². The van der Waals surface area contributed by atoms with Crippen LogP contribution >= 0.6 is 0 Å². The SMILES string of the molecule is CCCC[C@@H](OCOC)[C@@](C)(CCC(=O)OC)[N+](=O)[O-]. The molecule has 0 bridgehead atoms. The summed E-state index contributed by atoms with van der Waals surface area (Å²) < 4.78 is 14.8. The quantitative estimate of drug-likeness (QED) is 0.251. The molecule has 0 aliphatic rings. The third-order valence-electron chi connectivity index (χ3n) is 3.38. The molecule has 0 saturated carbocycles. The lowest BCUT2D eigenvalue weighted by molar-refractivity contribution is -0.581. The Labute approximate surface area is 119 Å². The summed E-state index contributed by atoms with van der Waals surface area (Å²) in [4.78, 5) is 22.3. The van der Waals surface area contributed by atoms with Gasteiger partial charge < -0.3 is 14.2 Å². The third-order valence-corrected chi connectivity index (χ3v) is 3.38. The van der Waals surface area contributed by atoms with Gasteiger partial charge in [0.05, 0.1) is 13.5 Å². The number of nitro groups is 1. The molecule has 0 aliphatic carbocycles. The Morgan fingerprint density at radius 1 is 1.40 bits per heavy atom. The predicted molar refractivity (Wildman–Crippen MR) is 72.9 cm³/mol. The maximum atomic E-state index is 11.4. The van der Waals surface area contributed by atoms with Gasteiger partial charge in [0.2, 0.25) is 5.54 Å². The van der Waals surface area contributed by atoms with E-state index in [1.54, 1.807) is 0 Å². The van der Waals surface area contributed by atoms with Crippen molar-refractivity contribution in [2.75, 3.05) is 21.0 Å². The first-order valence-corrected chi connectivity index (χ1v) is 6.74. The molecule has 7 nitrogen and oxygen atoms in total. The first kappa shape index (κ1) is 18.8. The van der Waals surface area contributed by atoms with Gasteiger partial charge in [0.1, 0.15) is 12.9 Å². The standard InChI is InChI=1S/C13H25NO6/c1-5-6-7-11(20-10-18-3)13(2,14(16)17)9-8-12(15)19-4/h11H,5-10H2,1-4H3/t11-,13-/m1/s1. The number of esters is 1. The van der Waals surface area contributed by atoms with Crippen molar-refractivity contribution in [2.24, 2.45) is 0 Å². The Morgan fingerprint density at radius 3 is 2.50 bits per heavy atom. The van der Waals surface area contributed by atoms with Gasteiger partial charge in [-0.1, -0.05) is 19.8 Å². The van der Waals surface area contributed by atoms with Crippen LogP contribution in [0.5, 0.6) is 0 Å². The molecule has 2 atom stereocenters. The number of unbranched alkanes of at least 4 members (excludes halogenated alkanes) is 1. The van der Waals surface area contributed by atoms with Gasteiger partial charge >= 0.3 is 5.97 Å². The van der Waals surface area contributed by atoms with E-state index in [1.807, 2.05) is 6.92 Å². The molecule has 0 saturated heterocycles. The van der Waals surface area contributed by atoms with Crippen LogP contribution < -0.4 is 0 Å². The highest BCUT2D eigenvalue weighted by molar-refractivity contribution is 5.69. The lowest BCUT2D eigenvalue weighted by Crippen LogP contribution is -2.48. The van der Waals surface area contributed by atoms with E-state index in [4.69, 9.17) is 9.47 Å². The molecule has 0 aliphatic heterocycles. The number of hydrogen-bond acceptors (Lipinski definition) is 6. The Balaban J connectivity index is 4.90. The molecule has 0 aromatic rings. The van der Waals surface area contributed by atoms with Gasteiger partial charge in [0, 0.05) is 25.4 Å². The van der Waals surface area contributed by atoms with Crippen LogP contribution in [0.2, 0.25) is 0 Å². The Morgan fingerprint density at radius 2 is 2.05 bits per heavy atom. The number of rotatable bonds is 11. The highest BCUT2D eigenvalue weighted by Crippen LogP contribution is 2.27. The van der Waals surface area contributed by atoms with Crippen LogP contribution in [-0.2, 0) is 19.0 Å². The maximum Gasteiger partial charge on any atom is 0.305 e. The van der Waals surface area contributed by atoms with Gasteiger partial charge in [-0.25, -0.2) is 0 Å². The molecule has 0 amide bonds. The molecule has 0 unspecified atom stereocenters. The summed E-state index contributed by atoms with van der Waals surface area (Å²) in [5.74, 6) is -0.459. The molecule has 0 N–H and O–H groups in total. The average Bonchev–Trinajstić information content (AvgIpc) is 2.44. The Bertz CT molecular complexity index is 301. The van der Waals surface area contributed by atoms with Crippen molar-refractivity contribution in [3.8, 4) is 0 Å². The van der Waals surface area contributed by atoms with Crippen molar-refractivity contribution in [3.05, 3.63) is 10.1 Å². The first-order chi connectivity index (χ1) is 9.42. The van der Waals surface area contributed by atoms with E-state index in [9.17, 15) is 14.9 Å². The van der Waals surface area contributed by atoms with Gasteiger partial charge in [-0.2, -0.15) is 0 Å². The summed E-state index contributed by atoms with van der Waals surface area (Å²) in [6.45, 7) is 3.51. The Hall–Kier alpha value is -1.21. The summed E-state index contributed by atoms with van der Waals surface area (Å²) >= 11 is 0. The summed E-state index contributed by atoms with van der Waals surface area (Å²) in [6, 6.07) is 0. The second kappa shape index (κ2) is 9.66. The van der Waals surface area contributed by atoms with E-state index in [0.717, 1.165) is 12.8 Å². The van der Waals surface area contributed by atoms with Crippen molar-refractivity contribution in [1.29, 1.82) is 0 Å². The largest absolute Gasteiger partial charge is 0.469 e. The van der Waals surface area contributed by atoms with E-state index in [0.29, 0.717) is 6.42 Å². The fraction of sp³-hybridized carbons (Fsp3) is 0.923.